The second-order valence-corrected chi connectivity index (χ2v) is 3.78. The zero-order valence-corrected chi connectivity index (χ0v) is 8.75. The Morgan fingerprint density at radius 3 is 3.15 bits per heavy atom. The first kappa shape index (κ1) is 9.12. The van der Waals surface area contributed by atoms with E-state index in [2.05, 4.69) is 26.2 Å². The largest absolute Gasteiger partial charge is 0.378 e. The highest BCUT2D eigenvalue weighted by Crippen LogP contribution is 2.15. The number of morpholine rings is 1. The molecule has 3 nitrogen and oxygen atoms in total. The van der Waals surface area contributed by atoms with Crippen LogP contribution in [0.3, 0.4) is 0 Å². The summed E-state index contributed by atoms with van der Waals surface area (Å²) < 4.78 is 6.23. The Labute approximate surface area is 85.6 Å². The van der Waals surface area contributed by atoms with Crippen LogP contribution < -0.4 is 5.32 Å². The van der Waals surface area contributed by atoms with E-state index in [1.54, 1.807) is 0 Å². The molecule has 1 fully saturated rings. The van der Waals surface area contributed by atoms with Crippen LogP contribution >= 0.6 is 15.9 Å². The maximum absolute atomic E-state index is 5.36. The van der Waals surface area contributed by atoms with Crippen LogP contribution in [0.25, 0.3) is 0 Å². The number of aromatic nitrogens is 1. The maximum atomic E-state index is 5.36. The van der Waals surface area contributed by atoms with E-state index in [1.165, 1.54) is 0 Å². The maximum Gasteiger partial charge on any atom is 0.106 e. The Hall–Kier alpha value is -0.450. The number of halogens is 1. The van der Waals surface area contributed by atoms with Crippen molar-refractivity contribution < 1.29 is 4.74 Å². The number of rotatable bonds is 1. The van der Waals surface area contributed by atoms with Crippen molar-refractivity contribution >= 4 is 15.9 Å². The van der Waals surface area contributed by atoms with Crippen molar-refractivity contribution in [2.45, 2.75) is 6.04 Å². The fraction of sp³-hybridized carbons (Fsp3) is 0.444. The quantitative estimate of drug-likeness (QED) is 0.759. The molecule has 70 valence electrons. The normalized spacial score (nSPS) is 23.0. The lowest BCUT2D eigenvalue weighted by atomic mass is 10.2. The van der Waals surface area contributed by atoms with Gasteiger partial charge >= 0.3 is 0 Å². The summed E-state index contributed by atoms with van der Waals surface area (Å²) in [4.78, 5) is 4.37. The van der Waals surface area contributed by atoms with Gasteiger partial charge in [-0.3, -0.25) is 0 Å². The van der Waals surface area contributed by atoms with Crippen molar-refractivity contribution in [2.24, 2.45) is 0 Å². The SMILES string of the molecule is Brc1cccc([C@@H]2COCCN2)n1. The van der Waals surface area contributed by atoms with Gasteiger partial charge in [-0.25, -0.2) is 4.98 Å². The molecule has 0 aromatic carbocycles. The standard InChI is InChI=1S/C9H11BrN2O/c10-9-3-1-2-7(12-9)8-6-13-5-4-11-8/h1-3,8,11H,4-6H2/t8-/m0/s1. The lowest BCUT2D eigenvalue weighted by molar-refractivity contribution is 0.0756. The van der Waals surface area contributed by atoms with Crippen LogP contribution in [-0.2, 0) is 4.74 Å². The molecule has 0 radical (unpaired) electrons. The van der Waals surface area contributed by atoms with E-state index in [0.29, 0.717) is 6.61 Å². The Bertz CT molecular complexity index is 287. The Balaban J connectivity index is 2.14. The average Bonchev–Trinajstić information content (AvgIpc) is 2.19. The lowest BCUT2D eigenvalue weighted by Crippen LogP contribution is -2.35. The predicted molar refractivity (Wildman–Crippen MR) is 53.5 cm³/mol. The second kappa shape index (κ2) is 4.17. The number of pyridine rings is 1. The minimum atomic E-state index is 0.242. The Morgan fingerprint density at radius 1 is 1.54 bits per heavy atom. The predicted octanol–water partition coefficient (Wildman–Crippen LogP) is 1.50. The highest BCUT2D eigenvalue weighted by atomic mass is 79.9. The summed E-state index contributed by atoms with van der Waals surface area (Å²) >= 11 is 3.35. The molecule has 1 aromatic rings. The third-order valence-corrected chi connectivity index (χ3v) is 2.46. The Morgan fingerprint density at radius 2 is 2.46 bits per heavy atom. The van der Waals surface area contributed by atoms with E-state index in [1.807, 2.05) is 18.2 Å². The second-order valence-electron chi connectivity index (χ2n) is 2.97. The molecule has 0 aliphatic carbocycles. The molecule has 13 heavy (non-hydrogen) atoms. The molecule has 0 bridgehead atoms. The highest BCUT2D eigenvalue weighted by Gasteiger charge is 2.15. The van der Waals surface area contributed by atoms with Gasteiger partial charge in [0, 0.05) is 6.54 Å². The molecule has 0 unspecified atom stereocenters. The summed E-state index contributed by atoms with van der Waals surface area (Å²) in [6.07, 6.45) is 0. The van der Waals surface area contributed by atoms with Crippen LogP contribution in [0, 0.1) is 0 Å². The summed E-state index contributed by atoms with van der Waals surface area (Å²) in [5.41, 5.74) is 1.04. The first-order valence-corrected chi connectivity index (χ1v) is 5.09. The number of hydrogen-bond donors (Lipinski definition) is 1. The molecule has 1 aliphatic rings. The summed E-state index contributed by atoms with van der Waals surface area (Å²) in [6.45, 7) is 2.41. The molecule has 1 saturated heterocycles. The van der Waals surface area contributed by atoms with Crippen molar-refractivity contribution in [3.05, 3.63) is 28.5 Å². The molecule has 0 saturated carbocycles. The van der Waals surface area contributed by atoms with Crippen molar-refractivity contribution in [3.63, 3.8) is 0 Å². The van der Waals surface area contributed by atoms with Gasteiger partial charge in [0.15, 0.2) is 0 Å². The average molecular weight is 243 g/mol. The molecule has 1 N–H and O–H groups in total. The van der Waals surface area contributed by atoms with E-state index in [0.717, 1.165) is 23.4 Å². The number of hydrogen-bond acceptors (Lipinski definition) is 3. The number of nitrogens with one attached hydrogen (secondary N) is 1. The summed E-state index contributed by atoms with van der Waals surface area (Å²) in [7, 11) is 0. The molecule has 2 rings (SSSR count). The smallest absolute Gasteiger partial charge is 0.106 e. The van der Waals surface area contributed by atoms with Gasteiger partial charge in [0.2, 0.25) is 0 Å². The minimum Gasteiger partial charge on any atom is -0.378 e. The molecule has 4 heteroatoms. The van der Waals surface area contributed by atoms with Crippen molar-refractivity contribution in [2.75, 3.05) is 19.8 Å². The summed E-state index contributed by atoms with van der Waals surface area (Å²) in [5, 5.41) is 3.35. The first-order valence-electron chi connectivity index (χ1n) is 4.30. The molecular weight excluding hydrogens is 232 g/mol. The summed E-state index contributed by atoms with van der Waals surface area (Å²) in [6, 6.07) is 6.17. The van der Waals surface area contributed by atoms with Crippen molar-refractivity contribution in [3.8, 4) is 0 Å². The molecule has 1 aromatic heterocycles. The Kier molecular flexibility index (Phi) is 2.93. The van der Waals surface area contributed by atoms with Gasteiger partial charge < -0.3 is 10.1 Å². The van der Waals surface area contributed by atoms with Crippen LogP contribution in [0.2, 0.25) is 0 Å². The van der Waals surface area contributed by atoms with E-state index in [9.17, 15) is 0 Å². The fourth-order valence-electron chi connectivity index (χ4n) is 1.37. The third kappa shape index (κ3) is 2.27. The lowest BCUT2D eigenvalue weighted by Gasteiger charge is -2.23. The van der Waals surface area contributed by atoms with E-state index < -0.39 is 0 Å². The summed E-state index contributed by atoms with van der Waals surface area (Å²) in [5.74, 6) is 0. The van der Waals surface area contributed by atoms with Gasteiger partial charge in [-0.2, -0.15) is 0 Å². The molecule has 0 amide bonds. The fourth-order valence-corrected chi connectivity index (χ4v) is 1.73. The van der Waals surface area contributed by atoms with Gasteiger partial charge in [0.25, 0.3) is 0 Å². The highest BCUT2D eigenvalue weighted by molar-refractivity contribution is 9.10. The van der Waals surface area contributed by atoms with Crippen LogP contribution in [-0.4, -0.2) is 24.7 Å². The van der Waals surface area contributed by atoms with Crippen LogP contribution in [0.5, 0.6) is 0 Å². The molecule has 2 heterocycles. The molecule has 1 aliphatic heterocycles. The van der Waals surface area contributed by atoms with E-state index >= 15 is 0 Å². The van der Waals surface area contributed by atoms with Crippen molar-refractivity contribution in [1.29, 1.82) is 0 Å². The molecule has 0 spiro atoms. The zero-order chi connectivity index (χ0) is 9.10. The number of ether oxygens (including phenoxy) is 1. The number of nitrogens with zero attached hydrogens (tertiary/aromatic N) is 1. The molecular formula is C9H11BrN2O. The van der Waals surface area contributed by atoms with Crippen molar-refractivity contribution in [1.82, 2.24) is 10.3 Å². The van der Waals surface area contributed by atoms with Crippen LogP contribution in [0.1, 0.15) is 11.7 Å². The zero-order valence-electron chi connectivity index (χ0n) is 7.16. The van der Waals surface area contributed by atoms with Gasteiger partial charge in [-0.15, -0.1) is 0 Å². The third-order valence-electron chi connectivity index (χ3n) is 2.02. The minimum absolute atomic E-state index is 0.242. The monoisotopic (exact) mass is 242 g/mol. The van der Waals surface area contributed by atoms with Crippen LogP contribution in [0.15, 0.2) is 22.8 Å². The van der Waals surface area contributed by atoms with Gasteiger partial charge in [-0.1, -0.05) is 6.07 Å². The van der Waals surface area contributed by atoms with Crippen LogP contribution in [0.4, 0.5) is 0 Å². The van der Waals surface area contributed by atoms with Gasteiger partial charge in [0.05, 0.1) is 24.9 Å². The molecule has 1 atom stereocenters. The van der Waals surface area contributed by atoms with Gasteiger partial charge in [0.1, 0.15) is 4.60 Å². The van der Waals surface area contributed by atoms with E-state index in [4.69, 9.17) is 4.74 Å². The van der Waals surface area contributed by atoms with E-state index in [-0.39, 0.29) is 6.04 Å². The topological polar surface area (TPSA) is 34.1 Å². The van der Waals surface area contributed by atoms with Gasteiger partial charge in [-0.05, 0) is 28.1 Å². The first-order chi connectivity index (χ1) is 6.36.